The highest BCUT2D eigenvalue weighted by Gasteiger charge is 2.36. The molecule has 2 heterocycles. The average Bonchev–Trinajstić information content (AvgIpc) is 3.45. The van der Waals surface area contributed by atoms with E-state index in [0.29, 0.717) is 5.69 Å². The minimum absolute atomic E-state index is 0.0121. The predicted octanol–water partition coefficient (Wildman–Crippen LogP) is 1.03. The summed E-state index contributed by atoms with van der Waals surface area (Å²) in [5.74, 6) is -0.466. The van der Waals surface area contributed by atoms with E-state index < -0.39 is 11.8 Å². The first-order valence-corrected chi connectivity index (χ1v) is 8.98. The largest absolute Gasteiger partial charge is 0.395 e. The number of aliphatic hydroxyl groups excluding tert-OH is 1. The molecular formula is C19H21N3O4. The zero-order chi connectivity index (χ0) is 18.3. The van der Waals surface area contributed by atoms with Gasteiger partial charge in [-0.3, -0.25) is 19.3 Å². The van der Waals surface area contributed by atoms with Crippen LogP contribution in [0.15, 0.2) is 30.0 Å². The van der Waals surface area contributed by atoms with Crippen molar-refractivity contribution in [1.82, 2.24) is 4.90 Å². The van der Waals surface area contributed by atoms with Gasteiger partial charge in [0.25, 0.3) is 11.8 Å². The lowest BCUT2D eigenvalue weighted by molar-refractivity contribution is -0.137. The van der Waals surface area contributed by atoms with E-state index in [0.717, 1.165) is 48.4 Å². The number of aryl methyl sites for hydroxylation is 1. The second kappa shape index (κ2) is 6.57. The van der Waals surface area contributed by atoms with Crippen LogP contribution in [0.2, 0.25) is 0 Å². The molecule has 7 nitrogen and oxygen atoms in total. The average molecular weight is 355 g/mol. The monoisotopic (exact) mass is 355 g/mol. The van der Waals surface area contributed by atoms with E-state index in [1.807, 2.05) is 23.1 Å². The lowest BCUT2D eigenvalue weighted by atomic mass is 10.0. The van der Waals surface area contributed by atoms with Crippen molar-refractivity contribution in [1.29, 1.82) is 0 Å². The van der Waals surface area contributed by atoms with Crippen LogP contribution in [0.5, 0.6) is 0 Å². The number of amides is 3. The van der Waals surface area contributed by atoms with Crippen LogP contribution < -0.4 is 10.2 Å². The highest BCUT2D eigenvalue weighted by atomic mass is 16.3. The highest BCUT2D eigenvalue weighted by Crippen LogP contribution is 2.36. The molecule has 3 aliphatic rings. The number of anilines is 2. The zero-order valence-corrected chi connectivity index (χ0v) is 14.4. The van der Waals surface area contributed by atoms with Crippen LogP contribution in [-0.4, -0.2) is 47.4 Å². The summed E-state index contributed by atoms with van der Waals surface area (Å²) in [4.78, 5) is 39.4. The molecule has 0 atom stereocenters. The predicted molar refractivity (Wildman–Crippen MR) is 95.4 cm³/mol. The lowest BCUT2D eigenvalue weighted by Crippen LogP contribution is -2.36. The summed E-state index contributed by atoms with van der Waals surface area (Å²) in [5.41, 5.74) is 2.93. The fourth-order valence-electron chi connectivity index (χ4n) is 3.52. The van der Waals surface area contributed by atoms with E-state index in [2.05, 4.69) is 5.32 Å². The number of β-amino-alcohol motifs (C(OH)–C–C–N with tert-alkyl or cyclic N) is 1. The van der Waals surface area contributed by atoms with Crippen molar-refractivity contribution in [3.05, 3.63) is 35.5 Å². The van der Waals surface area contributed by atoms with Gasteiger partial charge in [0.05, 0.1) is 13.2 Å². The number of carbonyl (C=O) groups is 3. The van der Waals surface area contributed by atoms with Crippen LogP contribution in [-0.2, 0) is 20.8 Å². The summed E-state index contributed by atoms with van der Waals surface area (Å²) in [6, 6.07) is 5.67. The van der Waals surface area contributed by atoms with Crippen LogP contribution in [0.1, 0.15) is 24.8 Å². The number of imide groups is 1. The first kappa shape index (κ1) is 16.8. The Morgan fingerprint density at radius 1 is 1.27 bits per heavy atom. The van der Waals surface area contributed by atoms with E-state index in [1.165, 1.54) is 6.08 Å². The maximum Gasteiger partial charge on any atom is 0.277 e. The van der Waals surface area contributed by atoms with Gasteiger partial charge in [-0.2, -0.15) is 0 Å². The number of rotatable bonds is 5. The third kappa shape index (κ3) is 2.99. The maximum atomic E-state index is 12.5. The minimum atomic E-state index is -0.438. The van der Waals surface area contributed by atoms with Gasteiger partial charge in [-0.1, -0.05) is 0 Å². The first-order chi connectivity index (χ1) is 12.6. The van der Waals surface area contributed by atoms with E-state index in [-0.39, 0.29) is 30.7 Å². The SMILES string of the molecule is O=C1C=C(Nc2ccc3c(c2)CCCN3C(=O)C2CC2)C(=O)N1CCO. The number of hydrogen-bond acceptors (Lipinski definition) is 5. The number of nitrogens with one attached hydrogen (secondary N) is 1. The minimum Gasteiger partial charge on any atom is -0.395 e. The van der Waals surface area contributed by atoms with E-state index in [1.54, 1.807) is 0 Å². The third-order valence-electron chi connectivity index (χ3n) is 5.00. The molecule has 0 bridgehead atoms. The molecule has 2 N–H and O–H groups in total. The molecule has 0 unspecified atom stereocenters. The summed E-state index contributed by atoms with van der Waals surface area (Å²) in [7, 11) is 0. The summed E-state index contributed by atoms with van der Waals surface area (Å²) in [5, 5.41) is 12.0. The quantitative estimate of drug-likeness (QED) is 0.770. The van der Waals surface area contributed by atoms with Gasteiger partial charge in [0.15, 0.2) is 0 Å². The normalized spacial score (nSPS) is 19.5. The zero-order valence-electron chi connectivity index (χ0n) is 14.4. The van der Waals surface area contributed by atoms with Crippen LogP contribution in [0.25, 0.3) is 0 Å². The van der Waals surface area contributed by atoms with Gasteiger partial charge in [0, 0.05) is 29.9 Å². The second-order valence-electron chi connectivity index (χ2n) is 6.91. The van der Waals surface area contributed by atoms with Crippen molar-refractivity contribution in [3.63, 3.8) is 0 Å². The summed E-state index contributed by atoms with van der Waals surface area (Å²) < 4.78 is 0. The molecular weight excluding hydrogens is 334 g/mol. The second-order valence-corrected chi connectivity index (χ2v) is 6.91. The molecule has 26 heavy (non-hydrogen) atoms. The number of nitrogens with zero attached hydrogens (tertiary/aromatic N) is 2. The van der Waals surface area contributed by atoms with Gasteiger partial charge in [0.2, 0.25) is 5.91 Å². The van der Waals surface area contributed by atoms with Gasteiger partial charge in [-0.25, -0.2) is 0 Å². The molecule has 1 saturated carbocycles. The molecule has 0 saturated heterocycles. The standard InChI is InChI=1S/C19H21N3O4/c23-9-8-22-17(24)11-15(19(22)26)20-14-5-6-16-13(10-14)2-1-7-21(16)18(25)12-3-4-12/h5-6,10-12,20,23H,1-4,7-9H2. The molecule has 136 valence electrons. The third-order valence-corrected chi connectivity index (χ3v) is 5.00. The first-order valence-electron chi connectivity index (χ1n) is 8.98. The van der Waals surface area contributed by atoms with Crippen molar-refractivity contribution in [2.75, 3.05) is 29.9 Å². The van der Waals surface area contributed by atoms with Crippen molar-refractivity contribution >= 4 is 29.1 Å². The van der Waals surface area contributed by atoms with Crippen LogP contribution >= 0.6 is 0 Å². The highest BCUT2D eigenvalue weighted by molar-refractivity contribution is 6.17. The Labute approximate surface area is 151 Å². The Kier molecular flexibility index (Phi) is 4.24. The Hall–Kier alpha value is -2.67. The fourth-order valence-corrected chi connectivity index (χ4v) is 3.52. The Balaban J connectivity index is 1.53. The van der Waals surface area contributed by atoms with Gasteiger partial charge >= 0.3 is 0 Å². The van der Waals surface area contributed by atoms with Gasteiger partial charge in [-0.05, 0) is 49.4 Å². The van der Waals surface area contributed by atoms with Crippen LogP contribution in [0.3, 0.4) is 0 Å². The number of benzene rings is 1. The Morgan fingerprint density at radius 2 is 2.08 bits per heavy atom. The summed E-state index contributed by atoms with van der Waals surface area (Å²) >= 11 is 0. The Morgan fingerprint density at radius 3 is 2.81 bits per heavy atom. The molecule has 1 fully saturated rings. The van der Waals surface area contributed by atoms with Crippen LogP contribution in [0, 0.1) is 5.92 Å². The van der Waals surface area contributed by atoms with Gasteiger partial charge in [-0.15, -0.1) is 0 Å². The fraction of sp³-hybridized carbons (Fsp3) is 0.421. The van der Waals surface area contributed by atoms with Crippen molar-refractivity contribution in [2.45, 2.75) is 25.7 Å². The lowest BCUT2D eigenvalue weighted by Gasteiger charge is -2.30. The van der Waals surface area contributed by atoms with E-state index in [9.17, 15) is 14.4 Å². The number of fused-ring (bicyclic) bond motifs is 1. The van der Waals surface area contributed by atoms with E-state index >= 15 is 0 Å². The number of carbonyl (C=O) groups excluding carboxylic acids is 3. The van der Waals surface area contributed by atoms with Crippen LogP contribution in [0.4, 0.5) is 11.4 Å². The molecule has 3 amide bonds. The van der Waals surface area contributed by atoms with Crippen molar-refractivity contribution in [3.8, 4) is 0 Å². The maximum absolute atomic E-state index is 12.5. The molecule has 0 aromatic heterocycles. The van der Waals surface area contributed by atoms with Crippen molar-refractivity contribution < 1.29 is 19.5 Å². The molecule has 1 aromatic carbocycles. The topological polar surface area (TPSA) is 90.0 Å². The smallest absolute Gasteiger partial charge is 0.277 e. The van der Waals surface area contributed by atoms with E-state index in [4.69, 9.17) is 5.11 Å². The molecule has 0 spiro atoms. The molecule has 1 aliphatic carbocycles. The number of hydrogen-bond donors (Lipinski definition) is 2. The molecule has 7 heteroatoms. The molecule has 4 rings (SSSR count). The Bertz CT molecular complexity index is 813. The molecule has 1 aromatic rings. The van der Waals surface area contributed by atoms with Gasteiger partial charge in [0.1, 0.15) is 5.70 Å². The van der Waals surface area contributed by atoms with Crippen molar-refractivity contribution in [2.24, 2.45) is 5.92 Å². The van der Waals surface area contributed by atoms with Gasteiger partial charge < -0.3 is 15.3 Å². The summed E-state index contributed by atoms with van der Waals surface area (Å²) in [6.07, 6.45) is 5.01. The molecule has 2 aliphatic heterocycles. The number of aliphatic hydroxyl groups is 1. The molecule has 0 radical (unpaired) electrons. The summed E-state index contributed by atoms with van der Waals surface area (Å²) in [6.45, 7) is 0.480.